The highest BCUT2D eigenvalue weighted by Crippen LogP contribution is 2.28. The van der Waals surface area contributed by atoms with E-state index < -0.39 is 0 Å². The first-order valence-corrected chi connectivity index (χ1v) is 7.16. The number of nitrogens with zero attached hydrogens (tertiary/aromatic N) is 1. The summed E-state index contributed by atoms with van der Waals surface area (Å²) in [6.45, 7) is 1.97. The van der Waals surface area contributed by atoms with Crippen molar-refractivity contribution in [3.63, 3.8) is 0 Å². The standard InChI is InChI=1S/C14H17FN4S/c1-9-6-7-18-14(16)13(9)12(19-17)8-20-11-4-2-10(15)3-5-11/h2-7,12,19H,8,17H2,1H3,(H2,16,18). The van der Waals surface area contributed by atoms with E-state index in [1.807, 2.05) is 13.0 Å². The minimum absolute atomic E-state index is 0.112. The van der Waals surface area contributed by atoms with Gasteiger partial charge in [0.1, 0.15) is 11.6 Å². The van der Waals surface area contributed by atoms with Crippen molar-refractivity contribution in [2.75, 3.05) is 11.5 Å². The van der Waals surface area contributed by atoms with E-state index in [0.717, 1.165) is 16.0 Å². The maximum absolute atomic E-state index is 12.9. The fraction of sp³-hybridized carbons (Fsp3) is 0.214. The molecule has 0 aliphatic carbocycles. The molecule has 0 bridgehead atoms. The fourth-order valence-electron chi connectivity index (χ4n) is 1.97. The number of hydrogen-bond donors (Lipinski definition) is 3. The zero-order valence-corrected chi connectivity index (χ0v) is 12.0. The van der Waals surface area contributed by atoms with Crippen molar-refractivity contribution < 1.29 is 4.39 Å². The van der Waals surface area contributed by atoms with Crippen LogP contribution in [0.2, 0.25) is 0 Å². The quantitative estimate of drug-likeness (QED) is 0.448. The van der Waals surface area contributed by atoms with Crippen molar-refractivity contribution in [1.29, 1.82) is 0 Å². The minimum atomic E-state index is -0.241. The van der Waals surface area contributed by atoms with Gasteiger partial charge in [0, 0.05) is 22.4 Å². The molecule has 2 rings (SSSR count). The summed E-state index contributed by atoms with van der Waals surface area (Å²) < 4.78 is 12.9. The number of anilines is 1. The minimum Gasteiger partial charge on any atom is -0.383 e. The summed E-state index contributed by atoms with van der Waals surface area (Å²) in [6.07, 6.45) is 1.68. The molecule has 1 heterocycles. The van der Waals surface area contributed by atoms with Gasteiger partial charge in [-0.25, -0.2) is 9.37 Å². The Morgan fingerprint density at radius 3 is 2.60 bits per heavy atom. The van der Waals surface area contributed by atoms with Crippen molar-refractivity contribution in [3.05, 3.63) is 53.5 Å². The molecule has 1 aromatic heterocycles. The average Bonchev–Trinajstić information content (AvgIpc) is 2.44. The molecule has 0 saturated heterocycles. The topological polar surface area (TPSA) is 77.0 Å². The third kappa shape index (κ3) is 3.47. The summed E-state index contributed by atoms with van der Waals surface area (Å²) in [6, 6.07) is 8.16. The van der Waals surface area contributed by atoms with Crippen LogP contribution in [0.4, 0.5) is 10.2 Å². The largest absolute Gasteiger partial charge is 0.383 e. The number of nitrogens with one attached hydrogen (secondary N) is 1. The van der Waals surface area contributed by atoms with Gasteiger partial charge in [-0.1, -0.05) is 0 Å². The molecule has 0 saturated carbocycles. The Morgan fingerprint density at radius 1 is 1.30 bits per heavy atom. The molecule has 2 aromatic rings. The molecule has 0 aliphatic rings. The highest BCUT2D eigenvalue weighted by molar-refractivity contribution is 7.99. The summed E-state index contributed by atoms with van der Waals surface area (Å²) in [5.74, 6) is 6.54. The molecular formula is C14H17FN4S. The molecule has 0 spiro atoms. The summed E-state index contributed by atoms with van der Waals surface area (Å²) in [7, 11) is 0. The number of nitrogens with two attached hydrogens (primary N) is 2. The number of aryl methyl sites for hydroxylation is 1. The van der Waals surface area contributed by atoms with E-state index in [0.29, 0.717) is 11.6 Å². The lowest BCUT2D eigenvalue weighted by Crippen LogP contribution is -2.31. The number of aromatic nitrogens is 1. The Morgan fingerprint density at radius 2 is 2.00 bits per heavy atom. The molecule has 106 valence electrons. The van der Waals surface area contributed by atoms with Crippen molar-refractivity contribution in [2.24, 2.45) is 5.84 Å². The van der Waals surface area contributed by atoms with E-state index in [1.165, 1.54) is 12.1 Å². The molecule has 0 aliphatic heterocycles. The van der Waals surface area contributed by atoms with E-state index in [-0.39, 0.29) is 11.9 Å². The molecule has 0 amide bonds. The second-order valence-corrected chi connectivity index (χ2v) is 5.50. The fourth-order valence-corrected chi connectivity index (χ4v) is 2.92. The lowest BCUT2D eigenvalue weighted by molar-refractivity contribution is 0.607. The van der Waals surface area contributed by atoms with E-state index >= 15 is 0 Å². The summed E-state index contributed by atoms with van der Waals surface area (Å²) >= 11 is 1.58. The van der Waals surface area contributed by atoms with Crippen molar-refractivity contribution in [2.45, 2.75) is 17.9 Å². The third-order valence-corrected chi connectivity index (χ3v) is 4.12. The van der Waals surface area contributed by atoms with Crippen LogP contribution in [0, 0.1) is 12.7 Å². The highest BCUT2D eigenvalue weighted by atomic mass is 32.2. The van der Waals surface area contributed by atoms with Gasteiger partial charge in [-0.2, -0.15) is 0 Å². The number of benzene rings is 1. The van der Waals surface area contributed by atoms with Crippen LogP contribution in [-0.2, 0) is 0 Å². The number of nitrogen functional groups attached to an aromatic ring is 1. The molecule has 6 heteroatoms. The monoisotopic (exact) mass is 292 g/mol. The molecule has 0 radical (unpaired) electrons. The second kappa shape index (κ2) is 6.69. The van der Waals surface area contributed by atoms with E-state index in [4.69, 9.17) is 11.6 Å². The van der Waals surface area contributed by atoms with Gasteiger partial charge in [0.05, 0.1) is 6.04 Å². The summed E-state index contributed by atoms with van der Waals surface area (Å²) in [5.41, 5.74) is 10.6. The second-order valence-electron chi connectivity index (χ2n) is 4.41. The Kier molecular flexibility index (Phi) is 4.94. The Bertz CT molecular complexity index is 554. The van der Waals surface area contributed by atoms with Crippen LogP contribution in [0.25, 0.3) is 0 Å². The van der Waals surface area contributed by atoms with Crippen LogP contribution < -0.4 is 17.0 Å². The van der Waals surface area contributed by atoms with Crippen LogP contribution in [0.5, 0.6) is 0 Å². The van der Waals surface area contributed by atoms with Crippen molar-refractivity contribution >= 4 is 17.6 Å². The predicted molar refractivity (Wildman–Crippen MR) is 80.6 cm³/mol. The van der Waals surface area contributed by atoms with Crippen LogP contribution >= 0.6 is 11.8 Å². The predicted octanol–water partition coefficient (Wildman–Crippen LogP) is 2.41. The van der Waals surface area contributed by atoms with Crippen molar-refractivity contribution in [3.8, 4) is 0 Å². The van der Waals surface area contributed by atoms with Gasteiger partial charge in [0.15, 0.2) is 0 Å². The first-order chi connectivity index (χ1) is 9.61. The maximum atomic E-state index is 12.9. The zero-order chi connectivity index (χ0) is 14.5. The Labute approximate surface area is 121 Å². The number of pyridine rings is 1. The average molecular weight is 292 g/mol. The molecule has 1 unspecified atom stereocenters. The van der Waals surface area contributed by atoms with E-state index in [1.54, 1.807) is 30.1 Å². The van der Waals surface area contributed by atoms with Crippen LogP contribution in [0.15, 0.2) is 41.4 Å². The Balaban J connectivity index is 2.11. The third-order valence-electron chi connectivity index (χ3n) is 3.02. The lowest BCUT2D eigenvalue weighted by atomic mass is 10.0. The number of rotatable bonds is 5. The van der Waals surface area contributed by atoms with Crippen LogP contribution in [0.1, 0.15) is 17.2 Å². The van der Waals surface area contributed by atoms with Gasteiger partial charge < -0.3 is 5.73 Å². The SMILES string of the molecule is Cc1ccnc(N)c1C(CSc1ccc(F)cc1)NN. The first-order valence-electron chi connectivity index (χ1n) is 6.17. The van der Waals surface area contributed by atoms with Crippen molar-refractivity contribution in [1.82, 2.24) is 10.4 Å². The molecule has 5 N–H and O–H groups in total. The molecule has 4 nitrogen and oxygen atoms in total. The normalized spacial score (nSPS) is 12.3. The van der Waals surface area contributed by atoms with Gasteiger partial charge in [0.2, 0.25) is 0 Å². The smallest absolute Gasteiger partial charge is 0.128 e. The van der Waals surface area contributed by atoms with Crippen LogP contribution in [-0.4, -0.2) is 10.7 Å². The molecular weight excluding hydrogens is 275 g/mol. The number of hydrogen-bond acceptors (Lipinski definition) is 5. The van der Waals surface area contributed by atoms with Gasteiger partial charge in [-0.05, 0) is 42.8 Å². The van der Waals surface area contributed by atoms with Gasteiger partial charge in [-0.15, -0.1) is 11.8 Å². The summed E-state index contributed by atoms with van der Waals surface area (Å²) in [5, 5.41) is 0. The first kappa shape index (κ1) is 14.8. The summed E-state index contributed by atoms with van der Waals surface area (Å²) in [4.78, 5) is 5.08. The molecule has 1 aromatic carbocycles. The molecule has 1 atom stereocenters. The van der Waals surface area contributed by atoms with E-state index in [2.05, 4.69) is 10.4 Å². The number of hydrazine groups is 1. The van der Waals surface area contributed by atoms with Gasteiger partial charge in [-0.3, -0.25) is 11.3 Å². The van der Waals surface area contributed by atoms with Gasteiger partial charge >= 0.3 is 0 Å². The maximum Gasteiger partial charge on any atom is 0.128 e. The van der Waals surface area contributed by atoms with Crippen LogP contribution in [0.3, 0.4) is 0 Å². The molecule has 0 fully saturated rings. The number of halogens is 1. The number of thioether (sulfide) groups is 1. The van der Waals surface area contributed by atoms with Gasteiger partial charge in [0.25, 0.3) is 0 Å². The molecule has 20 heavy (non-hydrogen) atoms. The zero-order valence-electron chi connectivity index (χ0n) is 11.1. The van der Waals surface area contributed by atoms with E-state index in [9.17, 15) is 4.39 Å². The Hall–Kier alpha value is -1.63. The highest BCUT2D eigenvalue weighted by Gasteiger charge is 2.16. The lowest BCUT2D eigenvalue weighted by Gasteiger charge is -2.19.